The minimum absolute atomic E-state index is 0.261. The second kappa shape index (κ2) is 9.56. The Morgan fingerprint density at radius 3 is 2.24 bits per heavy atom. The predicted octanol–water partition coefficient (Wildman–Crippen LogP) is 6.22. The van der Waals surface area contributed by atoms with Crippen LogP contribution in [-0.4, -0.2) is 18.4 Å². The predicted molar refractivity (Wildman–Crippen MR) is 137 cm³/mol. The zero-order valence-electron chi connectivity index (χ0n) is 20.3. The van der Waals surface area contributed by atoms with E-state index < -0.39 is 5.91 Å². The number of carbonyl (C=O) groups excluding carboxylic acids is 2. The molecule has 5 heteroatoms. The number of carbonyl (C=O) groups is 2. The maximum atomic E-state index is 13.8. The molecule has 1 aliphatic heterocycles. The van der Waals surface area contributed by atoms with Crippen LogP contribution < -0.4 is 15.0 Å². The van der Waals surface area contributed by atoms with Gasteiger partial charge in [-0.15, -0.1) is 0 Å². The number of hydrogen-bond donors (Lipinski definition) is 1. The second-order valence-corrected chi connectivity index (χ2v) is 8.80. The van der Waals surface area contributed by atoms with Crippen LogP contribution in [-0.2, 0) is 9.59 Å². The smallest absolute Gasteiger partial charge is 0.282 e. The summed E-state index contributed by atoms with van der Waals surface area (Å²) in [5.41, 5.74) is 5.89. The molecule has 5 nitrogen and oxygen atoms in total. The molecule has 4 rings (SSSR count). The van der Waals surface area contributed by atoms with Crippen molar-refractivity contribution < 1.29 is 14.3 Å². The first-order valence-electron chi connectivity index (χ1n) is 11.6. The van der Waals surface area contributed by atoms with E-state index in [4.69, 9.17) is 4.74 Å². The molecule has 0 saturated carbocycles. The molecule has 0 aromatic heterocycles. The maximum absolute atomic E-state index is 13.8. The number of ether oxygens (including phenoxy) is 1. The van der Waals surface area contributed by atoms with Gasteiger partial charge in [-0.2, -0.15) is 0 Å². The largest absolute Gasteiger partial charge is 0.492 e. The third kappa shape index (κ3) is 4.34. The lowest BCUT2D eigenvalue weighted by Gasteiger charge is -2.19. The van der Waals surface area contributed by atoms with E-state index in [-0.39, 0.29) is 11.6 Å². The van der Waals surface area contributed by atoms with Crippen LogP contribution >= 0.6 is 0 Å². The van der Waals surface area contributed by atoms with Gasteiger partial charge in [-0.3, -0.25) is 9.59 Å². The molecule has 3 aromatic rings. The Kier molecular flexibility index (Phi) is 6.55. The van der Waals surface area contributed by atoms with Crippen molar-refractivity contribution in [1.82, 2.24) is 0 Å². The monoisotopic (exact) mass is 454 g/mol. The minimum Gasteiger partial charge on any atom is -0.492 e. The summed E-state index contributed by atoms with van der Waals surface area (Å²) in [4.78, 5) is 28.7. The summed E-state index contributed by atoms with van der Waals surface area (Å²) in [6.45, 7) is 10.6. The Hall–Kier alpha value is -3.86. The lowest BCUT2D eigenvalue weighted by molar-refractivity contribution is -0.120. The Morgan fingerprint density at radius 1 is 0.882 bits per heavy atom. The molecule has 0 radical (unpaired) electrons. The van der Waals surface area contributed by atoms with E-state index >= 15 is 0 Å². The summed E-state index contributed by atoms with van der Waals surface area (Å²) in [5.74, 6) is 0.119. The fourth-order valence-corrected chi connectivity index (χ4v) is 4.04. The molecule has 0 fully saturated rings. The normalized spacial score (nSPS) is 13.8. The van der Waals surface area contributed by atoms with Gasteiger partial charge < -0.3 is 10.1 Å². The van der Waals surface area contributed by atoms with Gasteiger partial charge >= 0.3 is 0 Å². The molecule has 3 aromatic carbocycles. The van der Waals surface area contributed by atoms with Crippen molar-refractivity contribution in [2.45, 2.75) is 40.5 Å². The highest BCUT2D eigenvalue weighted by atomic mass is 16.5. The van der Waals surface area contributed by atoms with Gasteiger partial charge in [-0.1, -0.05) is 56.3 Å². The van der Waals surface area contributed by atoms with Gasteiger partial charge in [-0.25, -0.2) is 4.90 Å². The molecule has 2 amide bonds. The highest BCUT2D eigenvalue weighted by Gasteiger charge is 2.41. The van der Waals surface area contributed by atoms with Crippen LogP contribution in [0.4, 0.5) is 11.4 Å². The zero-order valence-corrected chi connectivity index (χ0v) is 20.3. The van der Waals surface area contributed by atoms with Gasteiger partial charge in [0.15, 0.2) is 0 Å². The highest BCUT2D eigenvalue weighted by Crippen LogP contribution is 2.38. The lowest BCUT2D eigenvalue weighted by Crippen LogP contribution is -2.32. The summed E-state index contributed by atoms with van der Waals surface area (Å²) in [7, 11) is 0. The number of imide groups is 1. The Bertz CT molecular complexity index is 1270. The Morgan fingerprint density at radius 2 is 1.59 bits per heavy atom. The van der Waals surface area contributed by atoms with Crippen molar-refractivity contribution in [3.05, 3.63) is 94.7 Å². The third-order valence-corrected chi connectivity index (χ3v) is 6.13. The third-order valence-electron chi connectivity index (χ3n) is 6.13. The van der Waals surface area contributed by atoms with Crippen LogP contribution in [0.3, 0.4) is 0 Å². The van der Waals surface area contributed by atoms with Crippen LogP contribution in [0.2, 0.25) is 0 Å². The van der Waals surface area contributed by atoms with Crippen LogP contribution in [0.1, 0.15) is 48.9 Å². The summed E-state index contributed by atoms with van der Waals surface area (Å²) in [6, 6.07) is 20.9. The molecule has 0 aliphatic carbocycles. The van der Waals surface area contributed by atoms with Gasteiger partial charge in [0.25, 0.3) is 11.8 Å². The van der Waals surface area contributed by atoms with Crippen molar-refractivity contribution >= 4 is 28.8 Å². The van der Waals surface area contributed by atoms with Gasteiger partial charge in [0.05, 0.1) is 17.9 Å². The average molecular weight is 455 g/mol. The van der Waals surface area contributed by atoms with E-state index in [1.165, 1.54) is 10.5 Å². The fourth-order valence-electron chi connectivity index (χ4n) is 4.04. The summed E-state index contributed by atoms with van der Waals surface area (Å²) >= 11 is 0. The van der Waals surface area contributed by atoms with Crippen LogP contribution in [0.15, 0.2) is 72.4 Å². The number of anilines is 2. The van der Waals surface area contributed by atoms with E-state index in [0.29, 0.717) is 35.1 Å². The average Bonchev–Trinajstić information content (AvgIpc) is 3.06. The summed E-state index contributed by atoms with van der Waals surface area (Å²) < 4.78 is 5.73. The molecule has 34 heavy (non-hydrogen) atoms. The number of nitrogens with zero attached hydrogens (tertiary/aromatic N) is 1. The van der Waals surface area contributed by atoms with Crippen LogP contribution in [0.25, 0.3) is 5.57 Å². The molecular formula is C29H30N2O3. The molecule has 1 heterocycles. The minimum atomic E-state index is -0.404. The molecule has 0 bridgehead atoms. The number of rotatable bonds is 7. The van der Waals surface area contributed by atoms with E-state index in [0.717, 1.165) is 16.8 Å². The quantitative estimate of drug-likeness (QED) is 0.431. The number of benzene rings is 3. The molecule has 1 aliphatic rings. The molecule has 1 N–H and O–H groups in total. The fraction of sp³-hybridized carbons (Fsp3) is 0.241. The molecule has 174 valence electrons. The van der Waals surface area contributed by atoms with Crippen molar-refractivity contribution in [3.8, 4) is 5.75 Å². The Labute approximate surface area is 201 Å². The number of aryl methyl sites for hydroxylation is 2. The molecule has 0 atom stereocenters. The van der Waals surface area contributed by atoms with E-state index in [1.807, 2.05) is 69.3 Å². The number of nitrogens with one attached hydrogen (secondary N) is 1. The lowest BCUT2D eigenvalue weighted by atomic mass is 9.99. The van der Waals surface area contributed by atoms with Crippen LogP contribution in [0, 0.1) is 13.8 Å². The summed E-state index contributed by atoms with van der Waals surface area (Å²) in [5, 5.41) is 3.25. The standard InChI is InChI=1S/C29H30N2O3/c1-6-34-25-10-8-7-9-24(25)31-28(32)26(22-12-11-19(4)20(5)17-22)27(29(31)33)30-23-15-13-21(14-16-23)18(2)3/h7-18,30H,6H2,1-5H3. The molecule has 0 saturated heterocycles. The van der Waals surface area contributed by atoms with Gasteiger partial charge in [0.2, 0.25) is 0 Å². The first kappa shape index (κ1) is 23.3. The molecular weight excluding hydrogens is 424 g/mol. The van der Waals surface area contributed by atoms with E-state index in [2.05, 4.69) is 19.2 Å². The van der Waals surface area contributed by atoms with Crippen molar-refractivity contribution in [2.24, 2.45) is 0 Å². The number of amides is 2. The molecule has 0 spiro atoms. The van der Waals surface area contributed by atoms with Crippen LogP contribution in [0.5, 0.6) is 5.75 Å². The van der Waals surface area contributed by atoms with Gasteiger partial charge in [-0.05, 0) is 73.2 Å². The van der Waals surface area contributed by atoms with Gasteiger partial charge in [0.1, 0.15) is 11.4 Å². The van der Waals surface area contributed by atoms with E-state index in [1.54, 1.807) is 18.2 Å². The number of hydrogen-bond acceptors (Lipinski definition) is 4. The van der Waals surface area contributed by atoms with Crippen molar-refractivity contribution in [2.75, 3.05) is 16.8 Å². The van der Waals surface area contributed by atoms with Gasteiger partial charge in [0, 0.05) is 5.69 Å². The first-order chi connectivity index (χ1) is 16.3. The zero-order chi connectivity index (χ0) is 24.4. The summed E-state index contributed by atoms with van der Waals surface area (Å²) in [6.07, 6.45) is 0. The first-order valence-corrected chi connectivity index (χ1v) is 11.6. The Balaban J connectivity index is 1.82. The van der Waals surface area contributed by atoms with E-state index in [9.17, 15) is 9.59 Å². The van der Waals surface area contributed by atoms with Crippen molar-refractivity contribution in [1.29, 1.82) is 0 Å². The SMILES string of the molecule is CCOc1ccccc1N1C(=O)C(Nc2ccc(C(C)C)cc2)=C(c2ccc(C)c(C)c2)C1=O. The van der Waals surface area contributed by atoms with Crippen molar-refractivity contribution in [3.63, 3.8) is 0 Å². The highest BCUT2D eigenvalue weighted by molar-refractivity contribution is 6.46. The number of para-hydroxylation sites is 2. The maximum Gasteiger partial charge on any atom is 0.282 e. The molecule has 0 unspecified atom stereocenters. The topological polar surface area (TPSA) is 58.6 Å². The second-order valence-electron chi connectivity index (χ2n) is 8.80.